The van der Waals surface area contributed by atoms with Gasteiger partial charge < -0.3 is 14.9 Å². The first-order valence-corrected chi connectivity index (χ1v) is 9.97. The summed E-state index contributed by atoms with van der Waals surface area (Å²) < 4.78 is 33.4. The van der Waals surface area contributed by atoms with E-state index in [0.717, 1.165) is 14.8 Å². The molecule has 0 radical (unpaired) electrons. The summed E-state index contributed by atoms with van der Waals surface area (Å²) in [5.41, 5.74) is 0.736. The quantitative estimate of drug-likeness (QED) is 0.699. The van der Waals surface area contributed by atoms with Gasteiger partial charge >= 0.3 is 6.09 Å². The molecule has 2 rings (SSSR count). The Hall–Kier alpha value is -1.88. The van der Waals surface area contributed by atoms with Crippen molar-refractivity contribution in [1.82, 2.24) is 13.5 Å². The number of nitrogens with zero attached hydrogens (tertiary/aromatic N) is 3. The number of benzene rings is 1. The number of carboxylic acid groups (broad SMARTS) is 1. The minimum absolute atomic E-state index is 0.0614. The normalized spacial score (nSPS) is 23.2. The summed E-state index contributed by atoms with van der Waals surface area (Å²) in [6, 6.07) is 5.10. The second-order valence-corrected chi connectivity index (χ2v) is 8.87. The molecule has 0 aliphatic carbocycles. The van der Waals surface area contributed by atoms with Crippen LogP contribution in [0.4, 0.5) is 4.79 Å². The lowest BCUT2D eigenvalue weighted by Crippen LogP contribution is -2.53. The van der Waals surface area contributed by atoms with Crippen LogP contribution in [0.1, 0.15) is 18.9 Å². The zero-order valence-electron chi connectivity index (χ0n) is 15.9. The molecule has 1 aliphatic heterocycles. The maximum absolute atomic E-state index is 13.0. The highest BCUT2D eigenvalue weighted by atomic mass is 32.2. The van der Waals surface area contributed by atoms with E-state index in [4.69, 9.17) is 4.74 Å². The second kappa shape index (κ2) is 8.42. The molecule has 10 heteroatoms. The van der Waals surface area contributed by atoms with Gasteiger partial charge in [-0.25, -0.2) is 4.79 Å². The SMILES string of the molecule is COc1ccc(CN([C@H]2C[C@@H](C)N(C(=O)O)[C@H]2CO)S(=O)(=O)N(C)C)cc1. The molecule has 0 unspecified atom stereocenters. The van der Waals surface area contributed by atoms with E-state index in [1.165, 1.54) is 18.4 Å². The lowest BCUT2D eigenvalue weighted by atomic mass is 10.1. The monoisotopic (exact) mass is 401 g/mol. The number of methoxy groups -OCH3 is 1. The van der Waals surface area contributed by atoms with E-state index in [1.807, 2.05) is 0 Å². The first-order valence-electron chi connectivity index (χ1n) is 8.57. The van der Waals surface area contributed by atoms with Crippen LogP contribution in [0.3, 0.4) is 0 Å². The molecular weight excluding hydrogens is 374 g/mol. The molecule has 152 valence electrons. The Morgan fingerprint density at radius 2 is 1.89 bits per heavy atom. The summed E-state index contributed by atoms with van der Waals surface area (Å²) in [5, 5.41) is 19.3. The average molecular weight is 401 g/mol. The van der Waals surface area contributed by atoms with Gasteiger partial charge in [-0.05, 0) is 31.0 Å². The molecule has 9 nitrogen and oxygen atoms in total. The van der Waals surface area contributed by atoms with Crippen molar-refractivity contribution in [3.63, 3.8) is 0 Å². The van der Waals surface area contributed by atoms with Gasteiger partial charge in [-0.1, -0.05) is 12.1 Å². The number of ether oxygens (including phenoxy) is 1. The van der Waals surface area contributed by atoms with Gasteiger partial charge in [0.2, 0.25) is 0 Å². The lowest BCUT2D eigenvalue weighted by molar-refractivity contribution is 0.0888. The number of carbonyl (C=O) groups is 1. The van der Waals surface area contributed by atoms with Gasteiger partial charge in [0.25, 0.3) is 10.2 Å². The largest absolute Gasteiger partial charge is 0.497 e. The highest BCUT2D eigenvalue weighted by Gasteiger charge is 2.47. The highest BCUT2D eigenvalue weighted by molar-refractivity contribution is 7.86. The van der Waals surface area contributed by atoms with E-state index in [2.05, 4.69) is 0 Å². The first kappa shape index (κ1) is 21.4. The summed E-state index contributed by atoms with van der Waals surface area (Å²) in [5.74, 6) is 0.653. The van der Waals surface area contributed by atoms with Gasteiger partial charge in [-0.15, -0.1) is 0 Å². The topological polar surface area (TPSA) is 111 Å². The summed E-state index contributed by atoms with van der Waals surface area (Å²) >= 11 is 0. The van der Waals surface area contributed by atoms with Gasteiger partial charge in [0.05, 0.1) is 25.8 Å². The molecule has 2 N–H and O–H groups in total. The van der Waals surface area contributed by atoms with Crippen LogP contribution in [0.2, 0.25) is 0 Å². The molecule has 1 aliphatic rings. The second-order valence-electron chi connectivity index (χ2n) is 6.78. The zero-order chi connectivity index (χ0) is 20.4. The molecule has 0 bridgehead atoms. The smallest absolute Gasteiger partial charge is 0.407 e. The fraction of sp³-hybridized carbons (Fsp3) is 0.588. The van der Waals surface area contributed by atoms with Crippen molar-refractivity contribution in [3.8, 4) is 5.75 Å². The Bertz CT molecular complexity index is 752. The Kier molecular flexibility index (Phi) is 6.68. The number of likely N-dealkylation sites (tertiary alicyclic amines) is 1. The lowest BCUT2D eigenvalue weighted by Gasteiger charge is -2.34. The van der Waals surface area contributed by atoms with E-state index >= 15 is 0 Å². The molecule has 0 aromatic heterocycles. The van der Waals surface area contributed by atoms with Crippen molar-refractivity contribution in [2.24, 2.45) is 0 Å². The molecule has 1 saturated heterocycles. The fourth-order valence-electron chi connectivity index (χ4n) is 3.47. The van der Waals surface area contributed by atoms with Crippen molar-refractivity contribution in [1.29, 1.82) is 0 Å². The van der Waals surface area contributed by atoms with Crippen LogP contribution >= 0.6 is 0 Å². The highest BCUT2D eigenvalue weighted by Crippen LogP contribution is 2.32. The van der Waals surface area contributed by atoms with E-state index < -0.39 is 41.0 Å². The molecule has 3 atom stereocenters. The van der Waals surface area contributed by atoms with Gasteiger partial charge in [-0.2, -0.15) is 17.0 Å². The third kappa shape index (κ3) is 4.34. The maximum Gasteiger partial charge on any atom is 0.407 e. The predicted octanol–water partition coefficient (Wildman–Crippen LogP) is 0.805. The van der Waals surface area contributed by atoms with Crippen molar-refractivity contribution in [2.75, 3.05) is 27.8 Å². The van der Waals surface area contributed by atoms with E-state index in [-0.39, 0.29) is 6.54 Å². The number of rotatable bonds is 7. The van der Waals surface area contributed by atoms with Gasteiger partial charge in [0, 0.05) is 26.7 Å². The first-order chi connectivity index (χ1) is 12.6. The van der Waals surface area contributed by atoms with Crippen LogP contribution in [0.25, 0.3) is 0 Å². The molecule has 1 fully saturated rings. The number of amides is 1. The van der Waals surface area contributed by atoms with E-state index in [0.29, 0.717) is 12.2 Å². The Morgan fingerprint density at radius 3 is 2.33 bits per heavy atom. The third-order valence-corrected chi connectivity index (χ3v) is 6.81. The van der Waals surface area contributed by atoms with Crippen molar-refractivity contribution in [2.45, 2.75) is 38.0 Å². The van der Waals surface area contributed by atoms with Crippen LogP contribution in [-0.4, -0.2) is 84.2 Å². The predicted molar refractivity (Wildman–Crippen MR) is 99.7 cm³/mol. The van der Waals surface area contributed by atoms with Gasteiger partial charge in [0.15, 0.2) is 0 Å². The van der Waals surface area contributed by atoms with Crippen molar-refractivity contribution in [3.05, 3.63) is 29.8 Å². The third-order valence-electron chi connectivity index (χ3n) is 4.89. The minimum atomic E-state index is -3.85. The maximum atomic E-state index is 13.0. The van der Waals surface area contributed by atoms with Crippen LogP contribution in [0.15, 0.2) is 24.3 Å². The van der Waals surface area contributed by atoms with Crippen LogP contribution < -0.4 is 4.74 Å². The summed E-state index contributed by atoms with van der Waals surface area (Å²) in [7, 11) is 0.555. The molecule has 1 aromatic rings. The van der Waals surface area contributed by atoms with Crippen molar-refractivity contribution >= 4 is 16.3 Å². The Balaban J connectivity index is 2.42. The zero-order valence-corrected chi connectivity index (χ0v) is 16.8. The van der Waals surface area contributed by atoms with Gasteiger partial charge in [0.1, 0.15) is 5.75 Å². The molecule has 0 saturated carbocycles. The summed E-state index contributed by atoms with van der Waals surface area (Å²) in [4.78, 5) is 12.7. The summed E-state index contributed by atoms with van der Waals surface area (Å²) in [6.45, 7) is 1.32. The fourth-order valence-corrected chi connectivity index (χ4v) is 4.77. The number of aliphatic hydroxyl groups excluding tert-OH is 1. The van der Waals surface area contributed by atoms with Gasteiger partial charge in [-0.3, -0.25) is 4.90 Å². The molecular formula is C17H27N3O6S. The molecule has 1 aromatic carbocycles. The number of hydrogen-bond acceptors (Lipinski definition) is 5. The average Bonchev–Trinajstić information content (AvgIpc) is 2.95. The summed E-state index contributed by atoms with van der Waals surface area (Å²) in [6.07, 6.45) is -0.864. The molecule has 0 spiro atoms. The van der Waals surface area contributed by atoms with Crippen LogP contribution in [0, 0.1) is 0 Å². The molecule has 1 amide bonds. The molecule has 1 heterocycles. The number of aliphatic hydroxyl groups is 1. The van der Waals surface area contributed by atoms with Crippen molar-refractivity contribution < 1.29 is 28.2 Å². The Morgan fingerprint density at radius 1 is 1.30 bits per heavy atom. The standard InChI is InChI=1S/C17H27N3O6S/c1-12-9-15(16(11-21)20(12)17(22)23)19(27(24,25)18(2)3)10-13-5-7-14(26-4)8-6-13/h5-8,12,15-16,21H,9-11H2,1-4H3,(H,22,23)/t12-,15+,16+/m1/s1. The minimum Gasteiger partial charge on any atom is -0.497 e. The van der Waals surface area contributed by atoms with Crippen LogP contribution in [0.5, 0.6) is 5.75 Å². The Labute approximate surface area is 159 Å². The number of hydrogen-bond donors (Lipinski definition) is 2. The molecule has 27 heavy (non-hydrogen) atoms. The van der Waals surface area contributed by atoms with Crippen LogP contribution in [-0.2, 0) is 16.8 Å². The van der Waals surface area contributed by atoms with E-state index in [9.17, 15) is 23.4 Å². The van der Waals surface area contributed by atoms with E-state index in [1.54, 1.807) is 38.3 Å².